The molecule has 0 radical (unpaired) electrons. The maximum Gasteiger partial charge on any atom is 0.166 e. The molecule has 0 fully saturated rings. The van der Waals surface area contributed by atoms with Gasteiger partial charge < -0.3 is 8.98 Å². The highest BCUT2D eigenvalue weighted by Crippen LogP contribution is 2.44. The normalized spacial score (nSPS) is 11.5. The lowest BCUT2D eigenvalue weighted by Gasteiger charge is -2.15. The van der Waals surface area contributed by atoms with Crippen LogP contribution in [0, 0.1) is 0 Å². The van der Waals surface area contributed by atoms with E-state index in [9.17, 15) is 0 Å². The second kappa shape index (κ2) is 16.3. The standard InChI is InChI=1S/C62H39N5O/c1-6-18-40(19-7-1)48-32-30-44(36-50(48)41-20-8-2-9-21-41)46-38-52(62-65-60(42-22-10-3-11-23-42)64-61(66-62)43-24-12-4-13-25-43)59(63-39-46)45-31-34-55-51(37-45)58-56(68-55)35-33-54-57(58)49-28-16-17-29-53(49)67(54)47-26-14-5-15-27-47/h1-39H. The van der Waals surface area contributed by atoms with E-state index in [1.54, 1.807) is 0 Å². The molecule has 0 saturated heterocycles. The number of aromatic nitrogens is 5. The highest BCUT2D eigenvalue weighted by Gasteiger charge is 2.22. The molecule has 0 saturated carbocycles. The first-order valence-corrected chi connectivity index (χ1v) is 22.8. The molecule has 4 heterocycles. The van der Waals surface area contributed by atoms with Crippen LogP contribution in [0.2, 0.25) is 0 Å². The summed E-state index contributed by atoms with van der Waals surface area (Å²) in [7, 11) is 0. The van der Waals surface area contributed by atoms with Crippen molar-refractivity contribution in [3.8, 4) is 84.5 Å². The molecule has 4 aromatic heterocycles. The summed E-state index contributed by atoms with van der Waals surface area (Å²) in [5, 5.41) is 4.37. The zero-order valence-corrected chi connectivity index (χ0v) is 36.7. The Labute approximate surface area is 392 Å². The van der Waals surface area contributed by atoms with Crippen LogP contribution in [0.3, 0.4) is 0 Å². The first kappa shape index (κ1) is 39.1. The summed E-state index contributed by atoms with van der Waals surface area (Å²) in [4.78, 5) is 21.0. The quantitative estimate of drug-likeness (QED) is 0.152. The molecular weight excluding hydrogens is 831 g/mol. The van der Waals surface area contributed by atoms with Gasteiger partial charge in [0.15, 0.2) is 17.5 Å². The van der Waals surface area contributed by atoms with Gasteiger partial charge >= 0.3 is 0 Å². The summed E-state index contributed by atoms with van der Waals surface area (Å²) in [5.41, 5.74) is 15.8. The fourth-order valence-corrected chi connectivity index (χ4v) is 9.73. The Morgan fingerprint density at radius 1 is 0.324 bits per heavy atom. The van der Waals surface area contributed by atoms with E-state index in [0.29, 0.717) is 17.5 Å². The highest BCUT2D eigenvalue weighted by atomic mass is 16.3. The van der Waals surface area contributed by atoms with Gasteiger partial charge in [-0.3, -0.25) is 4.98 Å². The van der Waals surface area contributed by atoms with Crippen molar-refractivity contribution >= 4 is 43.7 Å². The van der Waals surface area contributed by atoms with Crippen LogP contribution in [0.4, 0.5) is 0 Å². The van der Waals surface area contributed by atoms with E-state index in [2.05, 4.69) is 174 Å². The van der Waals surface area contributed by atoms with Gasteiger partial charge in [-0.15, -0.1) is 0 Å². The fraction of sp³-hybridized carbons (Fsp3) is 0. The molecule has 0 atom stereocenters. The van der Waals surface area contributed by atoms with E-state index in [1.165, 1.54) is 0 Å². The number of rotatable bonds is 8. The summed E-state index contributed by atoms with van der Waals surface area (Å²) in [6, 6.07) is 80.1. The van der Waals surface area contributed by atoms with Crippen molar-refractivity contribution < 1.29 is 4.42 Å². The molecule has 0 N–H and O–H groups in total. The first-order chi connectivity index (χ1) is 33.7. The minimum absolute atomic E-state index is 0.525. The zero-order chi connectivity index (χ0) is 45.0. The molecule has 6 heteroatoms. The number of hydrogen-bond donors (Lipinski definition) is 0. The van der Waals surface area contributed by atoms with Gasteiger partial charge in [0, 0.05) is 61.2 Å². The molecule has 6 nitrogen and oxygen atoms in total. The third kappa shape index (κ3) is 6.74. The van der Waals surface area contributed by atoms with E-state index >= 15 is 0 Å². The largest absolute Gasteiger partial charge is 0.456 e. The summed E-state index contributed by atoms with van der Waals surface area (Å²) in [6.07, 6.45) is 1.98. The van der Waals surface area contributed by atoms with Crippen LogP contribution in [-0.4, -0.2) is 24.5 Å². The van der Waals surface area contributed by atoms with E-state index in [0.717, 1.165) is 111 Å². The molecule has 13 aromatic rings. The maximum absolute atomic E-state index is 6.66. The second-order valence-electron chi connectivity index (χ2n) is 17.0. The van der Waals surface area contributed by atoms with E-state index in [4.69, 9.17) is 24.4 Å². The summed E-state index contributed by atoms with van der Waals surface area (Å²) >= 11 is 0. The Hall–Kier alpha value is -9.26. The van der Waals surface area contributed by atoms with Crippen LogP contribution in [-0.2, 0) is 0 Å². The first-order valence-electron chi connectivity index (χ1n) is 22.8. The van der Waals surface area contributed by atoms with Crippen LogP contribution in [0.1, 0.15) is 0 Å². The Bertz CT molecular complexity index is 3940. The Morgan fingerprint density at radius 3 is 1.54 bits per heavy atom. The van der Waals surface area contributed by atoms with Crippen molar-refractivity contribution in [3.05, 3.63) is 237 Å². The van der Waals surface area contributed by atoms with Crippen LogP contribution >= 0.6 is 0 Å². The van der Waals surface area contributed by atoms with Crippen molar-refractivity contribution in [2.24, 2.45) is 0 Å². The highest BCUT2D eigenvalue weighted by molar-refractivity contribution is 6.27. The monoisotopic (exact) mass is 869 g/mol. The number of furan rings is 1. The van der Waals surface area contributed by atoms with Gasteiger partial charge in [-0.25, -0.2) is 15.0 Å². The number of hydrogen-bond acceptors (Lipinski definition) is 5. The van der Waals surface area contributed by atoms with Crippen molar-refractivity contribution in [1.29, 1.82) is 0 Å². The van der Waals surface area contributed by atoms with Gasteiger partial charge in [-0.1, -0.05) is 170 Å². The van der Waals surface area contributed by atoms with Crippen molar-refractivity contribution in [2.45, 2.75) is 0 Å². The molecule has 9 aromatic carbocycles. The summed E-state index contributed by atoms with van der Waals surface area (Å²) in [5.74, 6) is 1.69. The van der Waals surface area contributed by atoms with Crippen LogP contribution in [0.25, 0.3) is 128 Å². The minimum Gasteiger partial charge on any atom is -0.456 e. The van der Waals surface area contributed by atoms with Gasteiger partial charge in [-0.05, 0) is 88.5 Å². The van der Waals surface area contributed by atoms with Crippen LogP contribution in [0.15, 0.2) is 241 Å². The maximum atomic E-state index is 6.66. The summed E-state index contributed by atoms with van der Waals surface area (Å²) < 4.78 is 9.01. The average Bonchev–Trinajstić information content (AvgIpc) is 3.97. The third-order valence-corrected chi connectivity index (χ3v) is 12.9. The van der Waals surface area contributed by atoms with Gasteiger partial charge in [-0.2, -0.15) is 0 Å². The molecule has 68 heavy (non-hydrogen) atoms. The third-order valence-electron chi connectivity index (χ3n) is 12.9. The summed E-state index contributed by atoms with van der Waals surface area (Å²) in [6.45, 7) is 0. The van der Waals surface area contributed by atoms with E-state index in [-0.39, 0.29) is 0 Å². The Balaban J connectivity index is 1.06. The zero-order valence-electron chi connectivity index (χ0n) is 36.7. The molecule has 0 bridgehead atoms. The lowest BCUT2D eigenvalue weighted by atomic mass is 9.91. The van der Waals surface area contributed by atoms with Gasteiger partial charge in [0.05, 0.1) is 16.7 Å². The number of para-hydroxylation sites is 2. The van der Waals surface area contributed by atoms with Gasteiger partial charge in [0.1, 0.15) is 11.2 Å². The molecule has 318 valence electrons. The molecular formula is C62H39N5O. The lowest BCUT2D eigenvalue weighted by Crippen LogP contribution is -2.02. The molecule has 0 aliphatic carbocycles. The number of fused-ring (bicyclic) bond motifs is 7. The van der Waals surface area contributed by atoms with Crippen molar-refractivity contribution in [3.63, 3.8) is 0 Å². The molecule has 0 aliphatic rings. The molecule has 0 aliphatic heterocycles. The molecule has 0 spiro atoms. The number of nitrogens with zero attached hydrogens (tertiary/aromatic N) is 5. The minimum atomic E-state index is 0.525. The second-order valence-corrected chi connectivity index (χ2v) is 17.0. The number of pyridine rings is 1. The molecule has 0 amide bonds. The average molecular weight is 870 g/mol. The van der Waals surface area contributed by atoms with Crippen molar-refractivity contribution in [1.82, 2.24) is 24.5 Å². The SMILES string of the molecule is c1ccc(-c2nc(-c3ccccc3)nc(-c3cc(-c4ccc(-c5ccccc5)c(-c5ccccc5)c4)cnc3-c3ccc4oc5ccc6c(c7ccccc7n6-c6ccccc6)c5c4c3)n2)cc1. The fourth-order valence-electron chi connectivity index (χ4n) is 9.73. The number of benzene rings is 9. The van der Waals surface area contributed by atoms with E-state index < -0.39 is 0 Å². The van der Waals surface area contributed by atoms with Gasteiger partial charge in [0.25, 0.3) is 0 Å². The molecule has 13 rings (SSSR count). The predicted molar refractivity (Wildman–Crippen MR) is 277 cm³/mol. The van der Waals surface area contributed by atoms with Crippen LogP contribution in [0.5, 0.6) is 0 Å². The van der Waals surface area contributed by atoms with Crippen LogP contribution < -0.4 is 0 Å². The van der Waals surface area contributed by atoms with Crippen molar-refractivity contribution in [2.75, 3.05) is 0 Å². The smallest absolute Gasteiger partial charge is 0.166 e. The van der Waals surface area contributed by atoms with Gasteiger partial charge in [0.2, 0.25) is 0 Å². The van der Waals surface area contributed by atoms with E-state index in [1.807, 2.05) is 66.9 Å². The lowest BCUT2D eigenvalue weighted by molar-refractivity contribution is 0.669. The molecule has 0 unspecified atom stereocenters. The topological polar surface area (TPSA) is 69.6 Å². The predicted octanol–water partition coefficient (Wildman–Crippen LogP) is 15.9. The Morgan fingerprint density at radius 2 is 0.868 bits per heavy atom. The Kier molecular flexibility index (Phi) is 9.39.